The van der Waals surface area contributed by atoms with E-state index < -0.39 is 35.5 Å². The van der Waals surface area contributed by atoms with E-state index in [1.165, 1.54) is 26.2 Å². The molecule has 0 spiro atoms. The van der Waals surface area contributed by atoms with E-state index in [2.05, 4.69) is 10.6 Å². The van der Waals surface area contributed by atoms with Crippen LogP contribution in [0.25, 0.3) is 0 Å². The minimum atomic E-state index is -1.11. The number of nitrogens with zero attached hydrogens (tertiary/aromatic N) is 1. The van der Waals surface area contributed by atoms with Crippen molar-refractivity contribution in [3.8, 4) is 6.07 Å². The zero-order valence-corrected chi connectivity index (χ0v) is 15.0. The fourth-order valence-electron chi connectivity index (χ4n) is 1.72. The van der Waals surface area contributed by atoms with Crippen molar-refractivity contribution in [1.82, 2.24) is 10.6 Å². The Bertz CT molecular complexity index is 662. The smallest absolute Gasteiger partial charge is 0.329 e. The van der Waals surface area contributed by atoms with Gasteiger partial charge >= 0.3 is 5.97 Å². The number of carbonyl (C=O) groups is 3. The molecule has 2 amide bonds. The fourth-order valence-corrected chi connectivity index (χ4v) is 1.72. The number of carbonyl (C=O) groups excluding carboxylic acids is 3. The number of hydrogen-bond acceptors (Lipinski definition) is 6. The van der Waals surface area contributed by atoms with Crippen LogP contribution in [0.15, 0.2) is 22.8 Å². The molecule has 2 N–H and O–H groups in total. The van der Waals surface area contributed by atoms with Crippen molar-refractivity contribution in [2.24, 2.45) is 5.92 Å². The second-order valence-electron chi connectivity index (χ2n) is 6.21. The van der Waals surface area contributed by atoms with Crippen molar-refractivity contribution in [2.45, 2.75) is 52.3 Å². The normalized spacial score (nSPS) is 15.4. The molecule has 0 aliphatic rings. The minimum absolute atomic E-state index is 0.0622. The summed E-state index contributed by atoms with van der Waals surface area (Å²) >= 11 is 0. The average Bonchev–Trinajstić information content (AvgIpc) is 3.08. The third-order valence-corrected chi connectivity index (χ3v) is 3.88. The van der Waals surface area contributed by atoms with Crippen molar-refractivity contribution < 1.29 is 23.5 Å². The summed E-state index contributed by atoms with van der Waals surface area (Å²) in [6.45, 7) is 8.02. The van der Waals surface area contributed by atoms with Crippen molar-refractivity contribution in [1.29, 1.82) is 5.26 Å². The first-order valence-corrected chi connectivity index (χ1v) is 7.89. The summed E-state index contributed by atoms with van der Waals surface area (Å²) < 4.78 is 9.98. The maximum atomic E-state index is 12.1. The fraction of sp³-hybridized carbons (Fsp3) is 0.529. The van der Waals surface area contributed by atoms with Crippen LogP contribution in [0.2, 0.25) is 0 Å². The number of esters is 1. The maximum Gasteiger partial charge on any atom is 0.329 e. The Morgan fingerprint density at radius 1 is 1.28 bits per heavy atom. The van der Waals surface area contributed by atoms with Crippen molar-refractivity contribution in [2.75, 3.05) is 0 Å². The van der Waals surface area contributed by atoms with Gasteiger partial charge in [-0.05, 0) is 38.8 Å². The third-order valence-electron chi connectivity index (χ3n) is 3.88. The number of nitrogens with one attached hydrogen (secondary N) is 2. The van der Waals surface area contributed by atoms with Crippen LogP contribution in [0.4, 0.5) is 0 Å². The van der Waals surface area contributed by atoms with Crippen LogP contribution in [-0.2, 0) is 14.3 Å². The molecule has 0 saturated carbocycles. The summed E-state index contributed by atoms with van der Waals surface area (Å²) in [6, 6.07) is 4.07. The zero-order valence-electron chi connectivity index (χ0n) is 15.0. The molecule has 8 nitrogen and oxygen atoms in total. The van der Waals surface area contributed by atoms with Gasteiger partial charge in [0, 0.05) is 0 Å². The molecule has 0 aromatic carbocycles. The van der Waals surface area contributed by atoms with E-state index >= 15 is 0 Å². The molecule has 25 heavy (non-hydrogen) atoms. The second kappa shape index (κ2) is 8.33. The van der Waals surface area contributed by atoms with Gasteiger partial charge < -0.3 is 19.8 Å². The van der Waals surface area contributed by atoms with Crippen molar-refractivity contribution in [3.63, 3.8) is 0 Å². The zero-order chi connectivity index (χ0) is 19.2. The molecule has 0 aliphatic heterocycles. The van der Waals surface area contributed by atoms with E-state index in [9.17, 15) is 19.6 Å². The van der Waals surface area contributed by atoms with E-state index in [1.54, 1.807) is 26.8 Å². The summed E-state index contributed by atoms with van der Waals surface area (Å²) in [5, 5.41) is 14.2. The average molecular weight is 349 g/mol. The summed E-state index contributed by atoms with van der Waals surface area (Å²) in [4.78, 5) is 36.0. The molecule has 0 saturated heterocycles. The van der Waals surface area contributed by atoms with Crippen LogP contribution in [0.3, 0.4) is 0 Å². The third kappa shape index (κ3) is 5.35. The van der Waals surface area contributed by atoms with E-state index in [0.717, 1.165) is 0 Å². The highest BCUT2D eigenvalue weighted by Crippen LogP contribution is 2.15. The van der Waals surface area contributed by atoms with Gasteiger partial charge in [0.1, 0.15) is 11.6 Å². The topological polar surface area (TPSA) is 121 Å². The number of amides is 2. The number of nitriles is 1. The predicted molar refractivity (Wildman–Crippen MR) is 88.2 cm³/mol. The van der Waals surface area contributed by atoms with Gasteiger partial charge in [-0.25, -0.2) is 4.79 Å². The van der Waals surface area contributed by atoms with Gasteiger partial charge in [0.05, 0.1) is 12.3 Å². The van der Waals surface area contributed by atoms with Crippen LogP contribution in [0.5, 0.6) is 0 Å². The largest absolute Gasteiger partial charge is 0.459 e. The molecular formula is C17H23N3O5. The summed E-state index contributed by atoms with van der Waals surface area (Å²) in [7, 11) is 0. The summed E-state index contributed by atoms with van der Waals surface area (Å²) in [5.74, 6) is -1.99. The van der Waals surface area contributed by atoms with Gasteiger partial charge in [-0.1, -0.05) is 13.8 Å². The van der Waals surface area contributed by atoms with Crippen LogP contribution < -0.4 is 10.6 Å². The molecule has 0 fully saturated rings. The van der Waals surface area contributed by atoms with Crippen LogP contribution in [0, 0.1) is 17.2 Å². The van der Waals surface area contributed by atoms with E-state index in [1.807, 2.05) is 6.07 Å². The molecule has 1 aromatic heterocycles. The Kier molecular flexibility index (Phi) is 6.74. The Morgan fingerprint density at radius 3 is 2.40 bits per heavy atom. The predicted octanol–water partition coefficient (Wildman–Crippen LogP) is 1.38. The lowest BCUT2D eigenvalue weighted by molar-refractivity contribution is -0.156. The lowest BCUT2D eigenvalue weighted by Gasteiger charge is -2.28. The highest BCUT2D eigenvalue weighted by molar-refractivity contribution is 5.94. The number of hydrogen-bond donors (Lipinski definition) is 2. The van der Waals surface area contributed by atoms with Gasteiger partial charge in [0.2, 0.25) is 0 Å². The Balaban J connectivity index is 2.59. The van der Waals surface area contributed by atoms with Gasteiger partial charge in [0.15, 0.2) is 11.9 Å². The van der Waals surface area contributed by atoms with Crippen LogP contribution in [0.1, 0.15) is 45.2 Å². The molecule has 1 rings (SSSR count). The van der Waals surface area contributed by atoms with Gasteiger partial charge in [0.25, 0.3) is 11.8 Å². The molecule has 136 valence electrons. The monoisotopic (exact) mass is 349 g/mol. The molecule has 8 heteroatoms. The van der Waals surface area contributed by atoms with Crippen LogP contribution >= 0.6 is 0 Å². The number of ether oxygens (including phenoxy) is 1. The summed E-state index contributed by atoms with van der Waals surface area (Å²) in [6.07, 6.45) is 0.229. The Morgan fingerprint density at radius 2 is 1.92 bits per heavy atom. The first-order chi connectivity index (χ1) is 11.6. The van der Waals surface area contributed by atoms with E-state index in [-0.39, 0.29) is 11.7 Å². The van der Waals surface area contributed by atoms with Crippen molar-refractivity contribution >= 4 is 17.8 Å². The van der Waals surface area contributed by atoms with E-state index in [0.29, 0.717) is 0 Å². The molecule has 0 bridgehead atoms. The first-order valence-electron chi connectivity index (χ1n) is 7.89. The van der Waals surface area contributed by atoms with Crippen LogP contribution in [-0.4, -0.2) is 35.5 Å². The lowest BCUT2D eigenvalue weighted by atomic mass is 9.90. The highest BCUT2D eigenvalue weighted by atomic mass is 16.5. The lowest BCUT2D eigenvalue weighted by Crippen LogP contribution is -2.53. The SMILES string of the molecule is CC(C)[C@](C)(C#N)NC(=O)[C@@H](C)OC(=O)[C@H](C)NC(=O)c1ccco1. The van der Waals surface area contributed by atoms with Gasteiger partial charge in [-0.2, -0.15) is 5.26 Å². The molecule has 0 aliphatic carbocycles. The summed E-state index contributed by atoms with van der Waals surface area (Å²) in [5.41, 5.74) is -1.07. The second-order valence-corrected chi connectivity index (χ2v) is 6.21. The maximum absolute atomic E-state index is 12.1. The van der Waals surface area contributed by atoms with E-state index in [4.69, 9.17) is 9.15 Å². The minimum Gasteiger partial charge on any atom is -0.459 e. The van der Waals surface area contributed by atoms with Crippen molar-refractivity contribution in [3.05, 3.63) is 24.2 Å². The molecule has 3 atom stereocenters. The standard InChI is InChI=1S/C17H23N3O5/c1-10(2)17(5,9-18)20-14(21)12(4)25-16(23)11(3)19-15(22)13-7-6-8-24-13/h6-8,10-12H,1-5H3,(H,19,22)(H,20,21)/t11-,12+,17-/m0/s1. The van der Waals surface area contributed by atoms with Gasteiger partial charge in [-0.3, -0.25) is 9.59 Å². The molecular weight excluding hydrogens is 326 g/mol. The molecule has 1 heterocycles. The molecule has 1 aromatic rings. The molecule has 0 radical (unpaired) electrons. The van der Waals surface area contributed by atoms with Gasteiger partial charge in [-0.15, -0.1) is 0 Å². The Labute approximate surface area is 146 Å². The number of rotatable bonds is 7. The highest BCUT2D eigenvalue weighted by Gasteiger charge is 2.33. The quantitative estimate of drug-likeness (QED) is 0.717. The Hall–Kier alpha value is -2.82. The molecule has 0 unspecified atom stereocenters. The number of furan rings is 1. The first kappa shape index (κ1) is 20.2.